The van der Waals surface area contributed by atoms with E-state index in [1.54, 1.807) is 0 Å². The van der Waals surface area contributed by atoms with Crippen molar-refractivity contribution >= 4 is 86.5 Å². The van der Waals surface area contributed by atoms with Gasteiger partial charge in [0.2, 0.25) is 0 Å². The molecule has 0 saturated heterocycles. The van der Waals surface area contributed by atoms with Crippen LogP contribution in [0.3, 0.4) is 0 Å². The molecular weight excluding hydrogens is 909 g/mol. The molecule has 0 N–H and O–H groups in total. The molecule has 0 nitrogen and oxygen atoms in total. The van der Waals surface area contributed by atoms with Crippen LogP contribution in [0.2, 0.25) is 0 Å². The van der Waals surface area contributed by atoms with Gasteiger partial charge in [-0.2, -0.15) is 34.6 Å². The average Bonchev–Trinajstić information content (AvgIpc) is 4.16. The van der Waals surface area contributed by atoms with E-state index in [4.69, 9.17) is 0 Å². The summed E-state index contributed by atoms with van der Waals surface area (Å²) in [5.41, 5.74) is 0. The molecule has 68 heavy (non-hydrogen) atoms. The van der Waals surface area contributed by atoms with Gasteiger partial charge in [0.15, 0.2) is 8.07 Å². The molecule has 328 valence electrons. The second-order valence-corrected chi connectivity index (χ2v) is 28.3. The van der Waals surface area contributed by atoms with Crippen LogP contribution in [0.4, 0.5) is 0 Å². The van der Waals surface area contributed by atoms with Gasteiger partial charge in [0.05, 0.1) is 0 Å². The van der Waals surface area contributed by atoms with E-state index in [0.29, 0.717) is 0 Å². The van der Waals surface area contributed by atoms with Crippen molar-refractivity contribution in [3.63, 3.8) is 0 Å². The van der Waals surface area contributed by atoms with Gasteiger partial charge in [0.25, 0.3) is 0 Å². The molecule has 11 aromatic rings. The van der Waals surface area contributed by atoms with E-state index in [9.17, 15) is 0 Å². The molecular formula is C64H52FeSi3. The standard InChI is InChI=1S/C59H47Si3.C5H5.Fe/c1-10-28-48(29-11-1)60(49-30-12-2-13-31-49,50-32-14-3-15-33-50)57-46-47-58(61(51-34-16-4-17-35-51,52-36-18-5-19-37-52)53-38-20-6-21-39-53)59(57)62(54-40-22-7-23-41-54,55-42-24-8-25-43-55)56-44-26-9-27-45-56;1-2-4-5-3-1;/h1-47H;1-5H;/q2*-1;+2. The zero-order valence-electron chi connectivity index (χ0n) is 37.9. The molecule has 0 radical (unpaired) electrons. The third-order valence-corrected chi connectivity index (χ3v) is 28.6. The molecule has 0 aliphatic carbocycles. The number of rotatable bonds is 12. The summed E-state index contributed by atoms with van der Waals surface area (Å²) in [4.78, 5) is 0. The summed E-state index contributed by atoms with van der Waals surface area (Å²) in [6.45, 7) is 0. The van der Waals surface area contributed by atoms with E-state index >= 15 is 0 Å². The van der Waals surface area contributed by atoms with E-state index in [0.717, 1.165) is 0 Å². The minimum Gasteiger partial charge on any atom is -0.214 e. The normalized spacial score (nSPS) is 11.4. The first-order chi connectivity index (χ1) is 33.3. The van der Waals surface area contributed by atoms with Gasteiger partial charge in [-0.25, -0.2) is 18.2 Å². The Morgan fingerprint density at radius 2 is 0.485 bits per heavy atom. The molecule has 0 saturated carbocycles. The zero-order chi connectivity index (χ0) is 45.2. The Bertz CT molecular complexity index is 2730. The molecule has 0 fully saturated rings. The van der Waals surface area contributed by atoms with E-state index in [-0.39, 0.29) is 17.1 Å². The predicted molar refractivity (Wildman–Crippen MR) is 295 cm³/mol. The van der Waals surface area contributed by atoms with Gasteiger partial charge in [-0.1, -0.05) is 304 Å². The van der Waals surface area contributed by atoms with Crippen LogP contribution in [0, 0.1) is 0 Å². The van der Waals surface area contributed by atoms with Crippen molar-refractivity contribution in [3.05, 3.63) is 315 Å². The Morgan fingerprint density at radius 1 is 0.250 bits per heavy atom. The molecule has 0 aliphatic rings. The average molecular weight is 961 g/mol. The van der Waals surface area contributed by atoms with E-state index < -0.39 is 24.2 Å². The Kier molecular flexibility index (Phi) is 14.3. The van der Waals surface area contributed by atoms with Crippen LogP contribution in [0.1, 0.15) is 0 Å². The maximum atomic E-state index is 2.61. The molecule has 0 aliphatic heterocycles. The molecule has 4 heteroatoms. The zero-order valence-corrected chi connectivity index (χ0v) is 42.0. The number of hydrogen-bond donors (Lipinski definition) is 0. The number of hydrogen-bond acceptors (Lipinski definition) is 0. The first-order valence-corrected chi connectivity index (χ1v) is 29.3. The van der Waals surface area contributed by atoms with Crippen molar-refractivity contribution in [1.82, 2.24) is 0 Å². The monoisotopic (exact) mass is 960 g/mol. The van der Waals surface area contributed by atoms with Crippen LogP contribution >= 0.6 is 0 Å². The van der Waals surface area contributed by atoms with Crippen LogP contribution in [-0.2, 0) is 17.1 Å². The molecule has 0 atom stereocenters. The molecule has 0 bridgehead atoms. The van der Waals surface area contributed by atoms with Crippen LogP contribution < -0.4 is 62.2 Å². The maximum absolute atomic E-state index is 3.28. The largest absolute Gasteiger partial charge is 2.00 e. The fraction of sp³-hybridized carbons (Fsp3) is 0. The summed E-state index contributed by atoms with van der Waals surface area (Å²) >= 11 is 0. The van der Waals surface area contributed by atoms with Crippen molar-refractivity contribution in [2.24, 2.45) is 0 Å². The Balaban J connectivity index is 0.000000905. The van der Waals surface area contributed by atoms with E-state index in [2.05, 4.69) is 285 Å². The van der Waals surface area contributed by atoms with Crippen molar-refractivity contribution in [3.8, 4) is 0 Å². The minimum atomic E-state index is -3.28. The summed E-state index contributed by atoms with van der Waals surface area (Å²) in [6.07, 6.45) is 0. The van der Waals surface area contributed by atoms with Crippen LogP contribution in [0.25, 0.3) is 0 Å². The predicted octanol–water partition coefficient (Wildman–Crippen LogP) is 6.94. The first kappa shape index (κ1) is 46.0. The van der Waals surface area contributed by atoms with Crippen molar-refractivity contribution in [2.75, 3.05) is 0 Å². The fourth-order valence-electron chi connectivity index (χ4n) is 10.9. The van der Waals surface area contributed by atoms with Crippen molar-refractivity contribution in [1.29, 1.82) is 0 Å². The summed E-state index contributed by atoms with van der Waals surface area (Å²) in [5.74, 6) is 0. The first-order valence-electron chi connectivity index (χ1n) is 23.3. The van der Waals surface area contributed by atoms with Crippen LogP contribution in [0.15, 0.2) is 315 Å². The van der Waals surface area contributed by atoms with E-state index in [1.165, 1.54) is 62.2 Å². The molecule has 0 unspecified atom stereocenters. The quantitative estimate of drug-likeness (QED) is 0.0709. The maximum Gasteiger partial charge on any atom is 2.00 e. The molecule has 0 amide bonds. The third-order valence-electron chi connectivity index (χ3n) is 13.6. The van der Waals surface area contributed by atoms with Gasteiger partial charge in [-0.3, -0.25) is 0 Å². The van der Waals surface area contributed by atoms with Gasteiger partial charge >= 0.3 is 17.1 Å². The molecule has 0 spiro atoms. The van der Waals surface area contributed by atoms with Gasteiger partial charge in [-0.15, -0.1) is 5.19 Å². The van der Waals surface area contributed by atoms with Crippen LogP contribution in [-0.4, -0.2) is 24.2 Å². The summed E-state index contributed by atoms with van der Waals surface area (Å²) < 4.78 is 0. The second kappa shape index (κ2) is 21.2. The van der Waals surface area contributed by atoms with E-state index in [1.807, 2.05) is 30.3 Å². The summed E-state index contributed by atoms with van der Waals surface area (Å²) in [6, 6.07) is 119. The SMILES string of the molecule is [Fe+2].c1cc[cH-]c1.c1ccc([Si](c2ccccc2)(c2ccccc2)c2cc[c-]([Si](c3ccccc3)(c3ccccc3)c3ccccc3)c2[Si](c2ccccc2)(c2ccccc2)c2ccccc2)cc1. The van der Waals surface area contributed by atoms with Crippen molar-refractivity contribution < 1.29 is 17.1 Å². The minimum absolute atomic E-state index is 0. The Labute approximate surface area is 416 Å². The Hall–Kier alpha value is -7.15. The van der Waals surface area contributed by atoms with Gasteiger partial charge in [0, 0.05) is 0 Å². The smallest absolute Gasteiger partial charge is 0.214 e. The van der Waals surface area contributed by atoms with Gasteiger partial charge < -0.3 is 0 Å². The van der Waals surface area contributed by atoms with Crippen molar-refractivity contribution in [2.45, 2.75) is 0 Å². The molecule has 0 aromatic heterocycles. The Morgan fingerprint density at radius 3 is 0.721 bits per heavy atom. The van der Waals surface area contributed by atoms with Crippen LogP contribution in [0.5, 0.6) is 0 Å². The summed E-state index contributed by atoms with van der Waals surface area (Å²) in [7, 11) is -9.60. The molecule has 11 rings (SSSR count). The third kappa shape index (κ3) is 8.21. The number of benzene rings is 9. The summed E-state index contributed by atoms with van der Waals surface area (Å²) in [5, 5.41) is 16.8. The molecule has 0 heterocycles. The second-order valence-electron chi connectivity index (χ2n) is 17.0. The molecule has 11 aromatic carbocycles. The topological polar surface area (TPSA) is 0 Å². The van der Waals surface area contributed by atoms with Gasteiger partial charge in [0.1, 0.15) is 16.1 Å². The van der Waals surface area contributed by atoms with Gasteiger partial charge in [-0.05, 0) is 15.6 Å². The fourth-order valence-corrected chi connectivity index (χ4v) is 27.9.